The fourth-order valence-electron chi connectivity index (χ4n) is 4.80. The molecule has 0 fully saturated rings. The Balaban J connectivity index is 1.31. The number of amides is 2. The standard InChI is InChI=1S/C30H26F3N3O4/c1-18(36-28(37)21-11-3-4-12-22(21)29(36)38)8-6-14-34-24-17-25(39-2)27(23-13-7-15-35-26(23)24)40-20-10-5-9-19(16-20)30(31,32)33/h3-5,7,9-13,15-18,34H,6,8,14H2,1-2H3. The second kappa shape index (κ2) is 10.9. The van der Waals surface area contributed by atoms with E-state index in [-0.39, 0.29) is 29.4 Å². The van der Waals surface area contributed by atoms with Gasteiger partial charge in [-0.3, -0.25) is 19.5 Å². The van der Waals surface area contributed by atoms with Crippen LogP contribution in [0.1, 0.15) is 46.0 Å². The predicted molar refractivity (Wildman–Crippen MR) is 144 cm³/mol. The van der Waals surface area contributed by atoms with E-state index in [0.717, 1.165) is 12.1 Å². The van der Waals surface area contributed by atoms with Crippen LogP contribution in [0.4, 0.5) is 18.9 Å². The predicted octanol–water partition coefficient (Wildman–Crippen LogP) is 6.93. The van der Waals surface area contributed by atoms with E-state index < -0.39 is 11.7 Å². The van der Waals surface area contributed by atoms with Crippen molar-refractivity contribution < 1.29 is 32.2 Å². The Labute approximate surface area is 228 Å². The first-order chi connectivity index (χ1) is 19.2. The maximum absolute atomic E-state index is 13.2. The van der Waals surface area contributed by atoms with E-state index in [1.54, 1.807) is 48.7 Å². The molecule has 0 spiro atoms. The van der Waals surface area contributed by atoms with E-state index in [9.17, 15) is 22.8 Å². The number of fused-ring (bicyclic) bond motifs is 2. The van der Waals surface area contributed by atoms with Gasteiger partial charge in [-0.2, -0.15) is 13.2 Å². The van der Waals surface area contributed by atoms with Crippen molar-refractivity contribution >= 4 is 28.4 Å². The van der Waals surface area contributed by atoms with Gasteiger partial charge in [0.25, 0.3) is 11.8 Å². The Hall–Kier alpha value is -4.60. The summed E-state index contributed by atoms with van der Waals surface area (Å²) in [5, 5.41) is 3.89. The maximum Gasteiger partial charge on any atom is 0.416 e. The first kappa shape index (κ1) is 27.0. The number of halogens is 3. The molecule has 5 rings (SSSR count). The molecule has 3 aromatic carbocycles. The van der Waals surface area contributed by atoms with Crippen molar-refractivity contribution in [3.63, 3.8) is 0 Å². The second-order valence-electron chi connectivity index (χ2n) is 9.43. The summed E-state index contributed by atoms with van der Waals surface area (Å²) in [4.78, 5) is 31.3. The van der Waals surface area contributed by atoms with Crippen molar-refractivity contribution in [2.75, 3.05) is 19.0 Å². The van der Waals surface area contributed by atoms with Gasteiger partial charge in [0.05, 0.1) is 35.0 Å². The highest BCUT2D eigenvalue weighted by molar-refractivity contribution is 6.21. The third-order valence-corrected chi connectivity index (χ3v) is 6.79. The number of hydrogen-bond acceptors (Lipinski definition) is 6. The van der Waals surface area contributed by atoms with Gasteiger partial charge >= 0.3 is 6.18 Å². The van der Waals surface area contributed by atoms with E-state index in [1.807, 2.05) is 6.92 Å². The van der Waals surface area contributed by atoms with E-state index in [2.05, 4.69) is 10.3 Å². The zero-order chi connectivity index (χ0) is 28.4. The van der Waals surface area contributed by atoms with E-state index >= 15 is 0 Å². The zero-order valence-electron chi connectivity index (χ0n) is 21.8. The molecule has 1 aromatic heterocycles. The smallest absolute Gasteiger partial charge is 0.416 e. The van der Waals surface area contributed by atoms with Crippen molar-refractivity contribution in [3.8, 4) is 17.2 Å². The number of carbonyl (C=O) groups is 2. The molecular weight excluding hydrogens is 523 g/mol. The van der Waals surface area contributed by atoms with Crippen molar-refractivity contribution in [3.05, 3.63) is 89.6 Å². The zero-order valence-corrected chi connectivity index (χ0v) is 21.8. The average Bonchev–Trinajstić information content (AvgIpc) is 3.21. The summed E-state index contributed by atoms with van der Waals surface area (Å²) in [6, 6.07) is 16.3. The van der Waals surface area contributed by atoms with Crippen molar-refractivity contribution in [1.82, 2.24) is 9.88 Å². The molecule has 4 aromatic rings. The monoisotopic (exact) mass is 549 g/mol. The number of nitrogens with one attached hydrogen (secondary N) is 1. The number of hydrogen-bond donors (Lipinski definition) is 1. The molecule has 1 atom stereocenters. The summed E-state index contributed by atoms with van der Waals surface area (Å²) in [7, 11) is 1.45. The lowest BCUT2D eigenvalue weighted by Gasteiger charge is -2.22. The van der Waals surface area contributed by atoms with Gasteiger partial charge in [-0.1, -0.05) is 18.2 Å². The average molecular weight is 550 g/mol. The summed E-state index contributed by atoms with van der Waals surface area (Å²) >= 11 is 0. The first-order valence-corrected chi connectivity index (χ1v) is 12.7. The number of pyridine rings is 1. The number of methoxy groups -OCH3 is 1. The molecule has 206 valence electrons. The van der Waals surface area contributed by atoms with E-state index in [1.165, 1.54) is 24.1 Å². The normalized spacial score (nSPS) is 13.9. The molecule has 0 saturated carbocycles. The Morgan fingerprint density at radius 3 is 2.38 bits per heavy atom. The van der Waals surface area contributed by atoms with Gasteiger partial charge in [0.15, 0.2) is 11.5 Å². The number of carbonyl (C=O) groups excluding carboxylic acids is 2. The number of nitrogens with zero attached hydrogens (tertiary/aromatic N) is 2. The van der Waals surface area contributed by atoms with Crippen LogP contribution in [0.3, 0.4) is 0 Å². The minimum atomic E-state index is -4.50. The Morgan fingerprint density at radius 2 is 1.70 bits per heavy atom. The number of rotatable bonds is 9. The van der Waals surface area contributed by atoms with Crippen molar-refractivity contribution in [2.24, 2.45) is 0 Å². The number of ether oxygens (including phenoxy) is 2. The van der Waals surface area contributed by atoms with Gasteiger partial charge in [0, 0.05) is 30.2 Å². The molecule has 40 heavy (non-hydrogen) atoms. The molecule has 1 N–H and O–H groups in total. The lowest BCUT2D eigenvalue weighted by atomic mass is 10.1. The highest BCUT2D eigenvalue weighted by atomic mass is 19.4. The molecule has 0 bridgehead atoms. The molecular formula is C30H26F3N3O4. The SMILES string of the molecule is COc1cc(NCCCC(C)N2C(=O)c3ccccc3C2=O)c2ncccc2c1Oc1cccc(C(F)(F)F)c1. The van der Waals surface area contributed by atoms with E-state index in [4.69, 9.17) is 9.47 Å². The van der Waals surface area contributed by atoms with Gasteiger partial charge in [0.2, 0.25) is 0 Å². The van der Waals surface area contributed by atoms with Crippen LogP contribution in [0.5, 0.6) is 17.2 Å². The van der Waals surface area contributed by atoms with Gasteiger partial charge in [0.1, 0.15) is 5.75 Å². The number of aromatic nitrogens is 1. The molecule has 1 unspecified atom stereocenters. The number of alkyl halides is 3. The molecule has 1 aliphatic rings. The molecule has 10 heteroatoms. The van der Waals surface area contributed by atoms with Gasteiger partial charge in [-0.25, -0.2) is 0 Å². The molecule has 7 nitrogen and oxygen atoms in total. The van der Waals surface area contributed by atoms with Crippen LogP contribution in [-0.2, 0) is 6.18 Å². The minimum absolute atomic E-state index is 0.0149. The minimum Gasteiger partial charge on any atom is -0.493 e. The third-order valence-electron chi connectivity index (χ3n) is 6.79. The topological polar surface area (TPSA) is 80.8 Å². The molecule has 1 aliphatic heterocycles. The van der Waals surface area contributed by atoms with Crippen molar-refractivity contribution in [1.29, 1.82) is 0 Å². The molecule has 0 radical (unpaired) electrons. The van der Waals surface area contributed by atoms with Crippen LogP contribution >= 0.6 is 0 Å². The van der Waals surface area contributed by atoms with Crippen LogP contribution in [0, 0.1) is 0 Å². The number of benzene rings is 3. The lowest BCUT2D eigenvalue weighted by molar-refractivity contribution is -0.137. The van der Waals surface area contributed by atoms with E-state index in [0.29, 0.717) is 52.9 Å². The second-order valence-corrected chi connectivity index (χ2v) is 9.43. The maximum atomic E-state index is 13.2. The van der Waals surface area contributed by atoms with Gasteiger partial charge in [-0.15, -0.1) is 0 Å². The number of anilines is 1. The molecule has 2 amide bonds. The summed E-state index contributed by atoms with van der Waals surface area (Å²) in [5.41, 5.74) is 1.24. The third kappa shape index (κ3) is 5.16. The number of imide groups is 1. The highest BCUT2D eigenvalue weighted by Crippen LogP contribution is 2.42. The summed E-state index contributed by atoms with van der Waals surface area (Å²) in [6.07, 6.45) is -1.67. The quantitative estimate of drug-likeness (QED) is 0.180. The van der Waals surface area contributed by atoms with Gasteiger partial charge in [-0.05, 0) is 62.2 Å². The summed E-state index contributed by atoms with van der Waals surface area (Å²) < 4.78 is 51.1. The summed E-state index contributed by atoms with van der Waals surface area (Å²) in [6.45, 7) is 2.36. The first-order valence-electron chi connectivity index (χ1n) is 12.7. The van der Waals surface area contributed by atoms with Crippen LogP contribution < -0.4 is 14.8 Å². The van der Waals surface area contributed by atoms with Crippen LogP contribution in [0.2, 0.25) is 0 Å². The molecule has 0 aliphatic carbocycles. The van der Waals surface area contributed by atoms with Crippen LogP contribution in [0.25, 0.3) is 10.9 Å². The molecule has 2 heterocycles. The van der Waals surface area contributed by atoms with Gasteiger partial charge < -0.3 is 14.8 Å². The highest BCUT2D eigenvalue weighted by Gasteiger charge is 2.37. The summed E-state index contributed by atoms with van der Waals surface area (Å²) in [5.74, 6) is 0.0188. The Morgan fingerprint density at radius 1 is 0.975 bits per heavy atom. The van der Waals surface area contributed by atoms with Crippen LogP contribution in [-0.4, -0.2) is 41.4 Å². The fourth-order valence-corrected chi connectivity index (χ4v) is 4.80. The van der Waals surface area contributed by atoms with Crippen LogP contribution in [0.15, 0.2) is 72.9 Å². The molecule has 0 saturated heterocycles. The van der Waals surface area contributed by atoms with Crippen molar-refractivity contribution in [2.45, 2.75) is 32.0 Å². The lowest BCUT2D eigenvalue weighted by Crippen LogP contribution is -2.38. The Bertz CT molecular complexity index is 1550. The Kier molecular flexibility index (Phi) is 7.34. The fraction of sp³-hybridized carbons (Fsp3) is 0.233. The largest absolute Gasteiger partial charge is 0.493 e.